The van der Waals surface area contributed by atoms with Crippen LogP contribution in [-0.4, -0.2) is 20.5 Å². The van der Waals surface area contributed by atoms with Crippen LogP contribution in [0.15, 0.2) is 18.3 Å². The van der Waals surface area contributed by atoms with E-state index in [2.05, 4.69) is 4.98 Å². The van der Waals surface area contributed by atoms with Gasteiger partial charge in [0.2, 0.25) is 0 Å². The second-order valence-corrected chi connectivity index (χ2v) is 4.81. The van der Waals surface area contributed by atoms with E-state index in [1.54, 1.807) is 0 Å². The van der Waals surface area contributed by atoms with Crippen molar-refractivity contribution in [1.29, 1.82) is 0 Å². The minimum Gasteiger partial charge on any atom is -0.481 e. The van der Waals surface area contributed by atoms with Crippen molar-refractivity contribution in [1.82, 2.24) is 9.38 Å². The fraction of sp³-hybridized carbons (Fsp3) is 0.385. The molecule has 0 unspecified atom stereocenters. The van der Waals surface area contributed by atoms with Crippen LogP contribution >= 0.6 is 0 Å². The number of halogens is 3. The van der Waals surface area contributed by atoms with Gasteiger partial charge >= 0.3 is 12.1 Å². The minimum absolute atomic E-state index is 0.0708. The molecule has 0 atom stereocenters. The number of hydrogen-bond acceptors (Lipinski definition) is 2. The predicted octanol–water partition coefficient (Wildman–Crippen LogP) is 3.10. The van der Waals surface area contributed by atoms with E-state index in [1.165, 1.54) is 10.5 Å². The van der Waals surface area contributed by atoms with Gasteiger partial charge in [-0.25, -0.2) is 4.98 Å². The maximum atomic E-state index is 12.7. The van der Waals surface area contributed by atoms with Crippen LogP contribution in [0.5, 0.6) is 0 Å². The topological polar surface area (TPSA) is 54.6 Å². The van der Waals surface area contributed by atoms with Crippen LogP contribution in [0.4, 0.5) is 13.2 Å². The number of carboxylic acid groups (broad SMARTS) is 1. The van der Waals surface area contributed by atoms with Gasteiger partial charge in [0.1, 0.15) is 5.65 Å². The van der Waals surface area contributed by atoms with Crippen molar-refractivity contribution in [2.24, 2.45) is 0 Å². The zero-order valence-corrected chi connectivity index (χ0v) is 10.9. The van der Waals surface area contributed by atoms with Crippen LogP contribution in [0.25, 0.3) is 5.65 Å². The molecule has 0 fully saturated rings. The fourth-order valence-electron chi connectivity index (χ4n) is 2.06. The molecule has 2 heterocycles. The Bertz CT molecular complexity index is 659. The number of aromatic nitrogens is 2. The van der Waals surface area contributed by atoms with Crippen LogP contribution in [0.2, 0.25) is 0 Å². The average Bonchev–Trinajstić information content (AvgIpc) is 2.65. The number of imidazole rings is 1. The number of aliphatic carboxylic acids is 1. The first-order valence-corrected chi connectivity index (χ1v) is 6.00. The molecule has 2 rings (SSSR count). The van der Waals surface area contributed by atoms with Crippen LogP contribution in [0.3, 0.4) is 0 Å². The number of hydrogen-bond donors (Lipinski definition) is 1. The molecule has 4 nitrogen and oxygen atoms in total. The number of rotatable bonds is 3. The lowest BCUT2D eigenvalue weighted by Crippen LogP contribution is -2.09. The summed E-state index contributed by atoms with van der Waals surface area (Å²) in [5, 5.41) is 8.92. The average molecular weight is 286 g/mol. The summed E-state index contributed by atoms with van der Waals surface area (Å²) in [7, 11) is 0. The molecule has 0 bridgehead atoms. The highest BCUT2D eigenvalue weighted by Gasteiger charge is 2.31. The molecule has 7 heteroatoms. The Labute approximate surface area is 112 Å². The highest BCUT2D eigenvalue weighted by molar-refractivity contribution is 5.70. The van der Waals surface area contributed by atoms with Gasteiger partial charge in [0.05, 0.1) is 23.4 Å². The third kappa shape index (κ3) is 2.61. The second kappa shape index (κ2) is 4.81. The van der Waals surface area contributed by atoms with E-state index in [4.69, 9.17) is 5.11 Å². The number of fused-ring (bicyclic) bond motifs is 1. The van der Waals surface area contributed by atoms with E-state index >= 15 is 0 Å². The molecule has 0 aromatic carbocycles. The maximum absolute atomic E-state index is 12.7. The van der Waals surface area contributed by atoms with Crippen molar-refractivity contribution in [3.8, 4) is 0 Å². The number of nitrogens with zero attached hydrogens (tertiary/aromatic N) is 2. The molecule has 0 aliphatic carbocycles. The number of carbonyl (C=O) groups is 1. The molecule has 20 heavy (non-hydrogen) atoms. The Kier molecular flexibility index (Phi) is 3.45. The van der Waals surface area contributed by atoms with Crippen LogP contribution < -0.4 is 0 Å². The monoisotopic (exact) mass is 286 g/mol. The summed E-state index contributed by atoms with van der Waals surface area (Å²) in [6, 6.07) is 2.19. The van der Waals surface area contributed by atoms with Crippen LogP contribution in [-0.2, 0) is 17.4 Å². The van der Waals surface area contributed by atoms with E-state index in [1.807, 2.05) is 13.8 Å². The van der Waals surface area contributed by atoms with Gasteiger partial charge < -0.3 is 9.51 Å². The van der Waals surface area contributed by atoms with E-state index in [0.29, 0.717) is 11.3 Å². The highest BCUT2D eigenvalue weighted by atomic mass is 19.4. The smallest absolute Gasteiger partial charge is 0.417 e. The maximum Gasteiger partial charge on any atom is 0.417 e. The van der Waals surface area contributed by atoms with E-state index in [-0.39, 0.29) is 18.0 Å². The van der Waals surface area contributed by atoms with Crippen LogP contribution in [0, 0.1) is 0 Å². The number of pyridine rings is 1. The minimum atomic E-state index is -4.48. The third-order valence-corrected chi connectivity index (χ3v) is 2.94. The standard InChI is InChI=1S/C13H13F3N2O2/c1-7(2)12-9(5-11(19)20)18-6-8(13(14,15)16)3-4-10(18)17-12/h3-4,6-7H,5H2,1-2H3,(H,19,20). The zero-order valence-electron chi connectivity index (χ0n) is 10.9. The summed E-state index contributed by atoms with van der Waals surface area (Å²) < 4.78 is 39.4. The first-order valence-electron chi connectivity index (χ1n) is 6.00. The first-order chi connectivity index (χ1) is 9.20. The molecular formula is C13H13F3N2O2. The Morgan fingerprint density at radius 1 is 1.40 bits per heavy atom. The molecule has 1 N–H and O–H groups in total. The van der Waals surface area contributed by atoms with Gasteiger partial charge in [-0.05, 0) is 18.1 Å². The first kappa shape index (κ1) is 14.4. The summed E-state index contributed by atoms with van der Waals surface area (Å²) >= 11 is 0. The summed E-state index contributed by atoms with van der Waals surface area (Å²) in [6.45, 7) is 3.63. The van der Waals surface area contributed by atoms with Gasteiger partial charge in [-0.2, -0.15) is 13.2 Å². The molecule has 108 valence electrons. The second-order valence-electron chi connectivity index (χ2n) is 4.81. The van der Waals surface area contributed by atoms with Crippen molar-refractivity contribution in [2.45, 2.75) is 32.4 Å². The lowest BCUT2D eigenvalue weighted by Gasteiger charge is -2.08. The molecule has 0 aliphatic rings. The number of carboxylic acids is 1. The molecule has 2 aromatic heterocycles. The highest BCUT2D eigenvalue weighted by Crippen LogP contribution is 2.30. The Morgan fingerprint density at radius 2 is 2.05 bits per heavy atom. The summed E-state index contributed by atoms with van der Waals surface area (Å²) in [5.41, 5.74) is 0.280. The molecule has 0 saturated heterocycles. The lowest BCUT2D eigenvalue weighted by molar-refractivity contribution is -0.138. The Balaban J connectivity index is 2.68. The van der Waals surface area contributed by atoms with Gasteiger partial charge in [-0.15, -0.1) is 0 Å². The molecule has 0 amide bonds. The fourth-order valence-corrected chi connectivity index (χ4v) is 2.06. The largest absolute Gasteiger partial charge is 0.481 e. The van der Waals surface area contributed by atoms with E-state index < -0.39 is 17.7 Å². The molecule has 0 saturated carbocycles. The Morgan fingerprint density at radius 3 is 2.55 bits per heavy atom. The number of alkyl halides is 3. The van der Waals surface area contributed by atoms with Gasteiger partial charge in [0, 0.05) is 6.20 Å². The quantitative estimate of drug-likeness (QED) is 0.943. The van der Waals surface area contributed by atoms with Gasteiger partial charge in [-0.1, -0.05) is 13.8 Å². The zero-order chi connectivity index (χ0) is 15.1. The summed E-state index contributed by atoms with van der Waals surface area (Å²) in [4.78, 5) is 15.1. The molecule has 0 radical (unpaired) electrons. The van der Waals surface area contributed by atoms with Gasteiger partial charge in [0.25, 0.3) is 0 Å². The van der Waals surface area contributed by atoms with Gasteiger partial charge in [0.15, 0.2) is 0 Å². The molecule has 0 aliphatic heterocycles. The molecule has 0 spiro atoms. The van der Waals surface area contributed by atoms with Crippen molar-refractivity contribution in [2.75, 3.05) is 0 Å². The van der Waals surface area contributed by atoms with Crippen LogP contribution in [0.1, 0.15) is 36.7 Å². The van der Waals surface area contributed by atoms with E-state index in [0.717, 1.165) is 12.3 Å². The normalized spacial score (nSPS) is 12.3. The third-order valence-electron chi connectivity index (χ3n) is 2.94. The molecule has 2 aromatic rings. The van der Waals surface area contributed by atoms with Crippen molar-refractivity contribution >= 4 is 11.6 Å². The van der Waals surface area contributed by atoms with E-state index in [9.17, 15) is 18.0 Å². The summed E-state index contributed by atoms with van der Waals surface area (Å²) in [5.74, 6) is -1.18. The van der Waals surface area contributed by atoms with Crippen molar-refractivity contribution in [3.63, 3.8) is 0 Å². The van der Waals surface area contributed by atoms with Crippen molar-refractivity contribution in [3.05, 3.63) is 35.3 Å². The van der Waals surface area contributed by atoms with Gasteiger partial charge in [-0.3, -0.25) is 4.79 Å². The lowest BCUT2D eigenvalue weighted by atomic mass is 10.1. The Hall–Kier alpha value is -2.05. The van der Waals surface area contributed by atoms with Crippen molar-refractivity contribution < 1.29 is 23.1 Å². The SMILES string of the molecule is CC(C)c1nc2ccc(C(F)(F)F)cn2c1CC(=O)O. The summed E-state index contributed by atoms with van der Waals surface area (Å²) in [6.07, 6.45) is -3.95. The predicted molar refractivity (Wildman–Crippen MR) is 65.6 cm³/mol. The molecular weight excluding hydrogens is 273 g/mol.